The molecule has 0 unspecified atom stereocenters. The molecule has 7 heteroatoms. The molecule has 2 N–H and O–H groups in total. The Morgan fingerprint density at radius 2 is 1.77 bits per heavy atom. The monoisotopic (exact) mass is 204 g/mol. The van der Waals surface area contributed by atoms with E-state index in [4.69, 9.17) is 10.0 Å². The molecular formula is C6H6BFO4S. The predicted molar refractivity (Wildman–Crippen MR) is 44.6 cm³/mol. The highest BCUT2D eigenvalue weighted by Crippen LogP contribution is 2.08. The van der Waals surface area contributed by atoms with Crippen molar-refractivity contribution in [1.29, 1.82) is 0 Å². The van der Waals surface area contributed by atoms with Crippen LogP contribution < -0.4 is 5.46 Å². The van der Waals surface area contributed by atoms with Gasteiger partial charge in [-0.2, -0.15) is 8.42 Å². The van der Waals surface area contributed by atoms with Gasteiger partial charge in [0.25, 0.3) is 0 Å². The predicted octanol–water partition coefficient (Wildman–Crippen LogP) is -0.975. The molecule has 0 bridgehead atoms. The standard InChI is InChI=1S/C6H6BFO4S/c8-13(11,12)6-4-2-1-3-5(6)7(9)10/h1-4,9-10H. The summed E-state index contributed by atoms with van der Waals surface area (Å²) < 4.78 is 33.4. The third-order valence-electron chi connectivity index (χ3n) is 1.46. The first-order chi connectivity index (χ1) is 5.93. The summed E-state index contributed by atoms with van der Waals surface area (Å²) in [5.41, 5.74) is -0.370. The maximum atomic E-state index is 12.5. The van der Waals surface area contributed by atoms with Crippen LogP contribution in [-0.2, 0) is 10.2 Å². The van der Waals surface area contributed by atoms with Gasteiger partial charge in [0.05, 0.1) is 4.90 Å². The smallest absolute Gasteiger partial charge is 0.423 e. The first kappa shape index (κ1) is 10.2. The first-order valence-electron chi connectivity index (χ1n) is 3.32. The largest absolute Gasteiger partial charge is 0.489 e. The van der Waals surface area contributed by atoms with Gasteiger partial charge in [0.15, 0.2) is 0 Å². The quantitative estimate of drug-likeness (QED) is 0.479. The van der Waals surface area contributed by atoms with Crippen LogP contribution in [0.1, 0.15) is 0 Å². The van der Waals surface area contributed by atoms with E-state index in [1.54, 1.807) is 0 Å². The summed E-state index contributed by atoms with van der Waals surface area (Å²) in [5, 5.41) is 17.4. The van der Waals surface area contributed by atoms with Crippen molar-refractivity contribution in [1.82, 2.24) is 0 Å². The minimum atomic E-state index is -4.90. The van der Waals surface area contributed by atoms with Crippen molar-refractivity contribution in [2.24, 2.45) is 0 Å². The topological polar surface area (TPSA) is 74.6 Å². The molecule has 70 valence electrons. The van der Waals surface area contributed by atoms with E-state index in [-0.39, 0.29) is 5.46 Å². The van der Waals surface area contributed by atoms with Crippen LogP contribution >= 0.6 is 0 Å². The van der Waals surface area contributed by atoms with Crippen LogP contribution in [0.4, 0.5) is 3.89 Å². The van der Waals surface area contributed by atoms with Gasteiger partial charge in [0, 0.05) is 5.46 Å². The molecule has 0 aliphatic carbocycles. The fourth-order valence-electron chi connectivity index (χ4n) is 0.916. The average molecular weight is 204 g/mol. The maximum Gasteiger partial charge on any atom is 0.489 e. The van der Waals surface area contributed by atoms with Crippen LogP contribution in [0.3, 0.4) is 0 Å². The molecule has 1 aromatic carbocycles. The van der Waals surface area contributed by atoms with Gasteiger partial charge in [-0.25, -0.2) is 0 Å². The van der Waals surface area contributed by atoms with E-state index >= 15 is 0 Å². The Hall–Kier alpha value is -0.915. The summed E-state index contributed by atoms with van der Waals surface area (Å²) in [7, 11) is -6.90. The highest BCUT2D eigenvalue weighted by molar-refractivity contribution is 7.86. The fraction of sp³-hybridized carbons (Fsp3) is 0. The van der Waals surface area contributed by atoms with Gasteiger partial charge in [-0.3, -0.25) is 0 Å². The molecule has 13 heavy (non-hydrogen) atoms. The van der Waals surface area contributed by atoms with E-state index in [9.17, 15) is 12.3 Å². The average Bonchev–Trinajstić information content (AvgIpc) is 2.03. The van der Waals surface area contributed by atoms with Crippen molar-refractivity contribution in [3.05, 3.63) is 24.3 Å². The highest BCUT2D eigenvalue weighted by Gasteiger charge is 2.23. The zero-order chi connectivity index (χ0) is 10.1. The van der Waals surface area contributed by atoms with Gasteiger partial charge < -0.3 is 10.0 Å². The van der Waals surface area contributed by atoms with Crippen molar-refractivity contribution in [3.63, 3.8) is 0 Å². The Balaban J connectivity index is 3.37. The number of hydrogen-bond acceptors (Lipinski definition) is 4. The molecule has 0 saturated heterocycles. The second-order valence-corrected chi connectivity index (χ2v) is 3.66. The van der Waals surface area contributed by atoms with Crippen molar-refractivity contribution < 1.29 is 22.4 Å². The zero-order valence-corrected chi connectivity index (χ0v) is 7.20. The van der Waals surface area contributed by atoms with Crippen molar-refractivity contribution in [3.8, 4) is 0 Å². The van der Waals surface area contributed by atoms with Crippen LogP contribution in [0.2, 0.25) is 0 Å². The van der Waals surface area contributed by atoms with Crippen molar-refractivity contribution in [2.45, 2.75) is 4.90 Å². The Morgan fingerprint density at radius 1 is 1.23 bits per heavy atom. The van der Waals surface area contributed by atoms with Crippen LogP contribution in [0.5, 0.6) is 0 Å². The Morgan fingerprint density at radius 3 is 2.15 bits per heavy atom. The summed E-state index contributed by atoms with van der Waals surface area (Å²) >= 11 is 0. The lowest BCUT2D eigenvalue weighted by Gasteiger charge is -2.03. The third kappa shape index (κ3) is 2.27. The van der Waals surface area contributed by atoms with Crippen LogP contribution in [0.25, 0.3) is 0 Å². The SMILES string of the molecule is O=S(=O)(F)c1ccccc1B(O)O. The van der Waals surface area contributed by atoms with E-state index in [1.807, 2.05) is 0 Å². The molecule has 0 fully saturated rings. The molecule has 0 heterocycles. The molecule has 0 atom stereocenters. The van der Waals surface area contributed by atoms with Gasteiger partial charge in [0.2, 0.25) is 0 Å². The minimum absolute atomic E-state index is 0.370. The summed E-state index contributed by atoms with van der Waals surface area (Å²) in [6.07, 6.45) is 0. The summed E-state index contributed by atoms with van der Waals surface area (Å²) in [4.78, 5) is -0.718. The van der Waals surface area contributed by atoms with Crippen molar-refractivity contribution in [2.75, 3.05) is 0 Å². The maximum absolute atomic E-state index is 12.5. The van der Waals surface area contributed by atoms with E-state index < -0.39 is 22.2 Å². The Labute approximate surface area is 75.0 Å². The number of halogens is 1. The molecule has 0 radical (unpaired) electrons. The second-order valence-electron chi connectivity index (χ2n) is 2.35. The second kappa shape index (κ2) is 3.45. The first-order valence-corrected chi connectivity index (χ1v) is 4.71. The fourth-order valence-corrected chi connectivity index (χ4v) is 1.61. The van der Waals surface area contributed by atoms with Crippen molar-refractivity contribution >= 4 is 22.8 Å². The normalized spacial score (nSPS) is 11.3. The minimum Gasteiger partial charge on any atom is -0.423 e. The molecular weight excluding hydrogens is 198 g/mol. The summed E-state index contributed by atoms with van der Waals surface area (Å²) in [6.45, 7) is 0. The summed E-state index contributed by atoms with van der Waals surface area (Å²) in [5.74, 6) is 0. The molecule has 0 aromatic heterocycles. The highest BCUT2D eigenvalue weighted by atomic mass is 32.3. The molecule has 0 saturated carbocycles. The van der Waals surface area contributed by atoms with Gasteiger partial charge in [-0.15, -0.1) is 3.89 Å². The Bertz CT molecular complexity index is 403. The molecule has 4 nitrogen and oxygen atoms in total. The van der Waals surface area contributed by atoms with Gasteiger partial charge in [-0.1, -0.05) is 18.2 Å². The molecule has 0 aliphatic heterocycles. The van der Waals surface area contributed by atoms with E-state index in [0.717, 1.165) is 12.1 Å². The Kier molecular flexibility index (Phi) is 2.70. The van der Waals surface area contributed by atoms with E-state index in [2.05, 4.69) is 0 Å². The van der Waals surface area contributed by atoms with Crippen LogP contribution in [0.15, 0.2) is 29.2 Å². The van der Waals surface area contributed by atoms with E-state index in [0.29, 0.717) is 0 Å². The number of hydrogen-bond donors (Lipinski definition) is 2. The summed E-state index contributed by atoms with van der Waals surface area (Å²) in [6, 6.07) is 4.75. The van der Waals surface area contributed by atoms with Gasteiger partial charge >= 0.3 is 17.3 Å². The molecule has 1 aromatic rings. The molecule has 0 aliphatic rings. The molecule has 0 spiro atoms. The zero-order valence-electron chi connectivity index (χ0n) is 6.38. The number of benzene rings is 1. The lowest BCUT2D eigenvalue weighted by Crippen LogP contribution is -2.33. The molecule has 0 amide bonds. The number of rotatable bonds is 2. The lowest BCUT2D eigenvalue weighted by molar-refractivity contribution is 0.424. The molecule has 1 rings (SSSR count). The van der Waals surface area contributed by atoms with E-state index in [1.165, 1.54) is 12.1 Å². The van der Waals surface area contributed by atoms with Gasteiger partial charge in [-0.05, 0) is 6.07 Å². The van der Waals surface area contributed by atoms with Gasteiger partial charge in [0.1, 0.15) is 0 Å². The van der Waals surface area contributed by atoms with Crippen LogP contribution in [0, 0.1) is 0 Å². The third-order valence-corrected chi connectivity index (χ3v) is 2.36. The van der Waals surface area contributed by atoms with Crippen LogP contribution in [-0.4, -0.2) is 25.6 Å². The lowest BCUT2D eigenvalue weighted by atomic mass is 9.80.